The Morgan fingerprint density at radius 1 is 1.30 bits per heavy atom. The molecule has 0 N–H and O–H groups in total. The molecule has 7 nitrogen and oxygen atoms in total. The molecule has 2 aromatic rings. The molecule has 0 aliphatic carbocycles. The first-order chi connectivity index (χ1) is 9.52. The van der Waals surface area contributed by atoms with Crippen molar-refractivity contribution in [2.24, 2.45) is 0 Å². The van der Waals surface area contributed by atoms with Gasteiger partial charge in [0.05, 0.1) is 6.61 Å². The van der Waals surface area contributed by atoms with Crippen LogP contribution < -0.4 is 0 Å². The second-order valence-corrected chi connectivity index (χ2v) is 6.47. The Bertz CT molecular complexity index is 672. The van der Waals surface area contributed by atoms with E-state index in [2.05, 4.69) is 15.2 Å². The highest BCUT2D eigenvalue weighted by Gasteiger charge is 2.22. The molecule has 0 unspecified atom stereocenters. The van der Waals surface area contributed by atoms with E-state index in [1.54, 1.807) is 12.4 Å². The van der Waals surface area contributed by atoms with Gasteiger partial charge in [0.25, 0.3) is 14.2 Å². The van der Waals surface area contributed by atoms with Crippen molar-refractivity contribution in [3.63, 3.8) is 0 Å². The van der Waals surface area contributed by atoms with Crippen LogP contribution >= 0.6 is 10.7 Å². The second-order valence-electron chi connectivity index (χ2n) is 4.01. The summed E-state index contributed by atoms with van der Waals surface area (Å²) < 4.78 is 29.4. The average Bonchev–Trinajstić information content (AvgIpc) is 2.80. The van der Waals surface area contributed by atoms with Gasteiger partial charge in [-0.05, 0) is 17.7 Å². The topological polar surface area (TPSA) is 87.0 Å². The number of ether oxygens (including phenoxy) is 1. The Balaban J connectivity index is 2.35. The number of hydrogen-bond acceptors (Lipinski definition) is 6. The summed E-state index contributed by atoms with van der Waals surface area (Å²) in [6.45, 7) is 0.645. The Morgan fingerprint density at radius 2 is 2.00 bits per heavy atom. The van der Waals surface area contributed by atoms with Crippen LogP contribution in [0.25, 0.3) is 0 Å². The van der Waals surface area contributed by atoms with Crippen molar-refractivity contribution in [1.82, 2.24) is 19.7 Å². The van der Waals surface area contributed by atoms with Gasteiger partial charge in [0.15, 0.2) is 0 Å². The summed E-state index contributed by atoms with van der Waals surface area (Å²) in [7, 11) is 2.94. The zero-order chi connectivity index (χ0) is 14.6. The second kappa shape index (κ2) is 6.29. The largest absolute Gasteiger partial charge is 0.383 e. The lowest BCUT2D eigenvalue weighted by Gasteiger charge is -2.08. The van der Waals surface area contributed by atoms with E-state index in [0.29, 0.717) is 25.4 Å². The molecule has 0 spiro atoms. The van der Waals surface area contributed by atoms with Crippen molar-refractivity contribution in [2.75, 3.05) is 13.7 Å². The van der Waals surface area contributed by atoms with Crippen LogP contribution in [0.2, 0.25) is 0 Å². The molecule has 0 bridgehead atoms. The minimum Gasteiger partial charge on any atom is -0.383 e. The minimum atomic E-state index is -3.94. The van der Waals surface area contributed by atoms with Crippen molar-refractivity contribution in [1.29, 1.82) is 0 Å². The zero-order valence-corrected chi connectivity index (χ0v) is 12.3. The van der Waals surface area contributed by atoms with Gasteiger partial charge in [-0.2, -0.15) is 0 Å². The molecule has 0 fully saturated rings. The van der Waals surface area contributed by atoms with Crippen molar-refractivity contribution in [3.05, 3.63) is 35.9 Å². The normalized spacial score (nSPS) is 11.7. The molecule has 2 aromatic heterocycles. The highest BCUT2D eigenvalue weighted by Crippen LogP contribution is 2.16. The summed E-state index contributed by atoms with van der Waals surface area (Å²) in [4.78, 5) is 3.92. The summed E-state index contributed by atoms with van der Waals surface area (Å²) in [5, 5.41) is 7.30. The molecular weight excluding hydrogens is 304 g/mol. The Morgan fingerprint density at radius 3 is 2.60 bits per heavy atom. The Hall–Kier alpha value is -1.51. The van der Waals surface area contributed by atoms with Crippen LogP contribution in [0.1, 0.15) is 11.4 Å². The van der Waals surface area contributed by atoms with E-state index >= 15 is 0 Å². The van der Waals surface area contributed by atoms with Crippen LogP contribution in [-0.4, -0.2) is 41.9 Å². The first-order valence-corrected chi connectivity index (χ1v) is 8.08. The van der Waals surface area contributed by atoms with Crippen LogP contribution in [0.3, 0.4) is 0 Å². The average molecular weight is 317 g/mol. The molecule has 0 aliphatic rings. The predicted octanol–water partition coefficient (Wildman–Crippen LogP) is 0.838. The molecular formula is C11H13ClN4O3S. The smallest absolute Gasteiger partial charge is 0.296 e. The van der Waals surface area contributed by atoms with Crippen molar-refractivity contribution >= 4 is 19.7 Å². The van der Waals surface area contributed by atoms with E-state index in [9.17, 15) is 8.42 Å². The maximum absolute atomic E-state index is 11.5. The molecule has 0 radical (unpaired) electrons. The maximum atomic E-state index is 11.5. The lowest BCUT2D eigenvalue weighted by Crippen LogP contribution is -2.13. The third-order valence-electron chi connectivity index (χ3n) is 2.64. The number of rotatable bonds is 6. The molecule has 0 aliphatic heterocycles. The molecule has 0 amide bonds. The summed E-state index contributed by atoms with van der Waals surface area (Å²) in [6, 6.07) is 3.65. The van der Waals surface area contributed by atoms with E-state index in [4.69, 9.17) is 15.4 Å². The molecule has 9 heteroatoms. The molecule has 20 heavy (non-hydrogen) atoms. The zero-order valence-electron chi connectivity index (χ0n) is 10.7. The van der Waals surface area contributed by atoms with Gasteiger partial charge in [-0.15, -0.1) is 10.2 Å². The van der Waals surface area contributed by atoms with Crippen LogP contribution in [0.5, 0.6) is 0 Å². The van der Waals surface area contributed by atoms with E-state index < -0.39 is 9.05 Å². The summed E-state index contributed by atoms with van der Waals surface area (Å²) >= 11 is 0. The van der Waals surface area contributed by atoms with Crippen LogP contribution in [0.4, 0.5) is 0 Å². The lowest BCUT2D eigenvalue weighted by molar-refractivity contribution is 0.183. The van der Waals surface area contributed by atoms with E-state index in [-0.39, 0.29) is 5.16 Å². The number of hydrogen-bond donors (Lipinski definition) is 0. The number of pyridine rings is 1. The van der Waals surface area contributed by atoms with Gasteiger partial charge in [0.1, 0.15) is 5.82 Å². The lowest BCUT2D eigenvalue weighted by atomic mass is 10.2. The number of halogens is 1. The van der Waals surface area contributed by atoms with Crippen molar-refractivity contribution in [3.8, 4) is 0 Å². The highest BCUT2D eigenvalue weighted by atomic mass is 35.7. The van der Waals surface area contributed by atoms with E-state index in [1.165, 1.54) is 11.7 Å². The number of aromatic nitrogens is 4. The van der Waals surface area contributed by atoms with E-state index in [0.717, 1.165) is 5.56 Å². The molecule has 0 saturated carbocycles. The first kappa shape index (κ1) is 14.9. The van der Waals surface area contributed by atoms with Gasteiger partial charge in [-0.1, -0.05) is 0 Å². The fourth-order valence-corrected chi connectivity index (χ4v) is 2.66. The summed E-state index contributed by atoms with van der Waals surface area (Å²) in [5.74, 6) is 0.507. The van der Waals surface area contributed by atoms with Crippen LogP contribution in [0.15, 0.2) is 29.7 Å². The Labute approximate surface area is 121 Å². The summed E-state index contributed by atoms with van der Waals surface area (Å²) in [6.07, 6.45) is 3.75. The third-order valence-corrected chi connectivity index (χ3v) is 3.79. The third kappa shape index (κ3) is 3.53. The SMILES string of the molecule is COCCn1c(Cc2ccncc2)nnc1S(=O)(=O)Cl. The van der Waals surface area contributed by atoms with E-state index in [1.807, 2.05) is 12.1 Å². The predicted molar refractivity (Wildman–Crippen MR) is 72.0 cm³/mol. The minimum absolute atomic E-state index is 0.264. The van der Waals surface area contributed by atoms with Gasteiger partial charge in [0, 0.05) is 43.2 Å². The molecule has 108 valence electrons. The fourth-order valence-electron chi connectivity index (χ4n) is 1.72. The quantitative estimate of drug-likeness (QED) is 0.734. The van der Waals surface area contributed by atoms with Crippen molar-refractivity contribution in [2.45, 2.75) is 18.1 Å². The van der Waals surface area contributed by atoms with Gasteiger partial charge >= 0.3 is 0 Å². The molecule has 0 aromatic carbocycles. The monoisotopic (exact) mass is 316 g/mol. The Kier molecular flexibility index (Phi) is 4.69. The highest BCUT2D eigenvalue weighted by molar-refractivity contribution is 8.13. The fraction of sp³-hybridized carbons (Fsp3) is 0.364. The molecule has 0 atom stereocenters. The molecule has 2 rings (SSSR count). The molecule has 0 saturated heterocycles. The number of nitrogens with zero attached hydrogens (tertiary/aromatic N) is 4. The van der Waals surface area contributed by atoms with Crippen molar-refractivity contribution < 1.29 is 13.2 Å². The van der Waals surface area contributed by atoms with Gasteiger partial charge < -0.3 is 4.74 Å². The van der Waals surface area contributed by atoms with Gasteiger partial charge in [-0.25, -0.2) is 8.42 Å². The van der Waals surface area contributed by atoms with Gasteiger partial charge in [0.2, 0.25) is 0 Å². The molecule has 2 heterocycles. The first-order valence-electron chi connectivity index (χ1n) is 5.77. The standard InChI is InChI=1S/C11H13ClN4O3S/c1-19-7-6-16-10(8-9-2-4-13-5-3-9)14-15-11(16)20(12,17)18/h2-5H,6-8H2,1H3. The number of methoxy groups -OCH3 is 1. The van der Waals surface area contributed by atoms with Gasteiger partial charge in [-0.3, -0.25) is 9.55 Å². The maximum Gasteiger partial charge on any atom is 0.296 e. The summed E-state index contributed by atoms with van der Waals surface area (Å²) in [5.41, 5.74) is 0.949. The van der Waals surface area contributed by atoms with Crippen LogP contribution in [0, 0.1) is 0 Å². The van der Waals surface area contributed by atoms with Crippen LogP contribution in [-0.2, 0) is 26.8 Å².